The molecule has 0 fully saturated rings. The lowest BCUT2D eigenvalue weighted by Crippen LogP contribution is -2.19. The normalized spacial score (nSPS) is 11.3. The van der Waals surface area contributed by atoms with E-state index >= 15 is 0 Å². The first kappa shape index (κ1) is 19.8. The molecule has 1 aromatic heterocycles. The average molecular weight is 408 g/mol. The maximum Gasteiger partial charge on any atom is 0.416 e. The Morgan fingerprint density at radius 3 is 2.46 bits per heavy atom. The number of anilines is 5. The molecule has 3 rings (SSSR count). The van der Waals surface area contributed by atoms with Gasteiger partial charge in [0.1, 0.15) is 12.0 Å². The molecule has 0 unspecified atom stereocenters. The zero-order chi connectivity index (χ0) is 20.3. The third kappa shape index (κ3) is 4.12. The van der Waals surface area contributed by atoms with E-state index in [-0.39, 0.29) is 22.2 Å². The predicted molar refractivity (Wildman–Crippen MR) is 105 cm³/mol. The fourth-order valence-electron chi connectivity index (χ4n) is 2.69. The van der Waals surface area contributed by atoms with Crippen molar-refractivity contribution < 1.29 is 13.2 Å². The fourth-order valence-corrected chi connectivity index (χ4v) is 2.85. The number of nitrogens with one attached hydrogen (secondary N) is 1. The molecule has 146 valence electrons. The van der Waals surface area contributed by atoms with Crippen molar-refractivity contribution in [3.05, 3.63) is 65.4 Å². The number of hydrogen-bond acceptors (Lipinski definition) is 5. The van der Waals surface area contributed by atoms with Crippen molar-refractivity contribution in [1.29, 1.82) is 0 Å². The number of nitrogens with zero attached hydrogens (tertiary/aromatic N) is 3. The number of benzene rings is 2. The number of halogens is 4. The Balaban J connectivity index is 1.98. The number of alkyl halides is 3. The van der Waals surface area contributed by atoms with Crippen molar-refractivity contribution in [3.63, 3.8) is 0 Å². The van der Waals surface area contributed by atoms with Crippen LogP contribution >= 0.6 is 11.6 Å². The molecule has 0 atom stereocenters. The smallest absolute Gasteiger partial charge is 0.393 e. The quantitative estimate of drug-likeness (QED) is 0.573. The average Bonchev–Trinajstić information content (AvgIpc) is 2.67. The Labute approximate surface area is 165 Å². The molecule has 1 heterocycles. The van der Waals surface area contributed by atoms with Crippen molar-refractivity contribution in [2.45, 2.75) is 13.1 Å². The summed E-state index contributed by atoms with van der Waals surface area (Å²) in [5, 5.41) is 2.90. The third-order valence-electron chi connectivity index (χ3n) is 4.05. The molecule has 0 amide bonds. The number of para-hydroxylation sites is 1. The molecular formula is C19H17ClF3N5. The number of rotatable bonds is 5. The van der Waals surface area contributed by atoms with E-state index in [9.17, 15) is 13.2 Å². The van der Waals surface area contributed by atoms with Crippen LogP contribution in [0.15, 0.2) is 54.9 Å². The monoisotopic (exact) mass is 407 g/mol. The van der Waals surface area contributed by atoms with E-state index in [2.05, 4.69) is 15.3 Å². The topological polar surface area (TPSA) is 67.1 Å². The van der Waals surface area contributed by atoms with Gasteiger partial charge in [-0.25, -0.2) is 9.97 Å². The molecule has 0 aliphatic heterocycles. The van der Waals surface area contributed by atoms with Crippen molar-refractivity contribution in [3.8, 4) is 0 Å². The van der Waals surface area contributed by atoms with E-state index in [0.717, 1.165) is 17.8 Å². The van der Waals surface area contributed by atoms with E-state index in [4.69, 9.17) is 17.3 Å². The van der Waals surface area contributed by atoms with Crippen LogP contribution in [0.1, 0.15) is 12.5 Å². The summed E-state index contributed by atoms with van der Waals surface area (Å²) in [7, 11) is 0. The second-order valence-electron chi connectivity index (χ2n) is 5.86. The minimum absolute atomic E-state index is 0.0515. The summed E-state index contributed by atoms with van der Waals surface area (Å²) in [5.41, 5.74) is 6.52. The molecule has 0 radical (unpaired) electrons. The Morgan fingerprint density at radius 1 is 1.11 bits per heavy atom. The Morgan fingerprint density at radius 2 is 1.82 bits per heavy atom. The lowest BCUT2D eigenvalue weighted by molar-refractivity contribution is -0.137. The standard InChI is InChI=1S/C19H17ClF3N5/c1-2-28(13-6-4-3-5-7-13)18-16(24)17(25-11-26-18)27-15-10-12(19(21,22)23)8-9-14(15)20/h3-11H,2,24H2,1H3,(H,25,26,27). The maximum atomic E-state index is 13.0. The maximum absolute atomic E-state index is 13.0. The van der Waals surface area contributed by atoms with Gasteiger partial charge in [0.15, 0.2) is 11.6 Å². The van der Waals surface area contributed by atoms with E-state index in [1.165, 1.54) is 12.4 Å². The van der Waals surface area contributed by atoms with Crippen molar-refractivity contribution >= 4 is 40.3 Å². The van der Waals surface area contributed by atoms with Crippen LogP contribution < -0.4 is 16.0 Å². The molecule has 2 aromatic carbocycles. The molecule has 0 spiro atoms. The summed E-state index contributed by atoms with van der Waals surface area (Å²) < 4.78 is 39.0. The Hall–Kier alpha value is -3.00. The highest BCUT2D eigenvalue weighted by molar-refractivity contribution is 6.33. The van der Waals surface area contributed by atoms with Crippen LogP contribution in [0.4, 0.5) is 41.9 Å². The molecular weight excluding hydrogens is 391 g/mol. The summed E-state index contributed by atoms with van der Waals surface area (Å²) in [4.78, 5) is 10.2. The number of nitrogen functional groups attached to an aromatic ring is 1. The lowest BCUT2D eigenvalue weighted by Gasteiger charge is -2.24. The van der Waals surface area contributed by atoms with E-state index in [0.29, 0.717) is 12.4 Å². The van der Waals surface area contributed by atoms with Gasteiger partial charge in [-0.1, -0.05) is 29.8 Å². The van der Waals surface area contributed by atoms with Gasteiger partial charge >= 0.3 is 6.18 Å². The van der Waals surface area contributed by atoms with E-state index in [1.54, 1.807) is 0 Å². The lowest BCUT2D eigenvalue weighted by atomic mass is 10.2. The van der Waals surface area contributed by atoms with Crippen molar-refractivity contribution in [1.82, 2.24) is 9.97 Å². The number of hydrogen-bond donors (Lipinski definition) is 2. The summed E-state index contributed by atoms with van der Waals surface area (Å²) >= 11 is 6.05. The molecule has 3 N–H and O–H groups in total. The summed E-state index contributed by atoms with van der Waals surface area (Å²) in [6, 6.07) is 12.5. The van der Waals surface area contributed by atoms with Crippen LogP contribution in [0.5, 0.6) is 0 Å². The second-order valence-corrected chi connectivity index (χ2v) is 6.26. The van der Waals surface area contributed by atoms with Gasteiger partial charge in [0.25, 0.3) is 0 Å². The van der Waals surface area contributed by atoms with Crippen molar-refractivity contribution in [2.24, 2.45) is 0 Å². The van der Waals surface area contributed by atoms with Crippen LogP contribution in [0.25, 0.3) is 0 Å². The van der Waals surface area contributed by atoms with Crippen molar-refractivity contribution in [2.75, 3.05) is 22.5 Å². The van der Waals surface area contributed by atoms with E-state index < -0.39 is 11.7 Å². The van der Waals surface area contributed by atoms with Crippen LogP contribution in [-0.2, 0) is 6.18 Å². The fraction of sp³-hybridized carbons (Fsp3) is 0.158. The molecule has 0 aliphatic carbocycles. The molecule has 5 nitrogen and oxygen atoms in total. The summed E-state index contributed by atoms with van der Waals surface area (Å²) in [6.07, 6.45) is -3.20. The summed E-state index contributed by atoms with van der Waals surface area (Å²) in [6.45, 7) is 2.51. The highest BCUT2D eigenvalue weighted by Gasteiger charge is 2.31. The SMILES string of the molecule is CCN(c1ccccc1)c1ncnc(Nc2cc(C(F)(F)F)ccc2Cl)c1N. The van der Waals surface area contributed by atoms with Gasteiger partial charge in [0.05, 0.1) is 16.3 Å². The first-order valence-electron chi connectivity index (χ1n) is 8.38. The molecule has 9 heteroatoms. The minimum Gasteiger partial charge on any atom is -0.393 e. The van der Waals surface area contributed by atoms with Crippen LogP contribution in [-0.4, -0.2) is 16.5 Å². The molecule has 3 aromatic rings. The van der Waals surface area contributed by atoms with Gasteiger partial charge in [-0.05, 0) is 37.3 Å². The first-order valence-corrected chi connectivity index (χ1v) is 8.76. The predicted octanol–water partition coefficient (Wildman–Crippen LogP) is 5.63. The molecule has 0 saturated carbocycles. The summed E-state index contributed by atoms with van der Waals surface area (Å²) in [5.74, 6) is 0.606. The van der Waals surface area contributed by atoms with Gasteiger partial charge in [0.2, 0.25) is 0 Å². The van der Waals surface area contributed by atoms with E-state index in [1.807, 2.05) is 42.2 Å². The number of nitrogens with two attached hydrogens (primary N) is 1. The van der Waals surface area contributed by atoms with Crippen LogP contribution in [0.3, 0.4) is 0 Å². The zero-order valence-corrected chi connectivity index (χ0v) is 15.6. The van der Waals surface area contributed by atoms with Crippen LogP contribution in [0, 0.1) is 0 Å². The highest BCUT2D eigenvalue weighted by Crippen LogP contribution is 2.37. The van der Waals surface area contributed by atoms with Gasteiger partial charge in [-0.2, -0.15) is 13.2 Å². The van der Waals surface area contributed by atoms with Gasteiger partial charge in [0, 0.05) is 12.2 Å². The first-order chi connectivity index (χ1) is 13.3. The molecule has 0 bridgehead atoms. The molecule has 0 aliphatic rings. The minimum atomic E-state index is -4.49. The zero-order valence-electron chi connectivity index (χ0n) is 14.8. The Kier molecular flexibility index (Phi) is 5.60. The van der Waals surface area contributed by atoms with Gasteiger partial charge in [-0.3, -0.25) is 0 Å². The second kappa shape index (κ2) is 7.93. The van der Waals surface area contributed by atoms with Gasteiger partial charge < -0.3 is 16.0 Å². The Bertz CT molecular complexity index is 964. The van der Waals surface area contributed by atoms with Crippen LogP contribution in [0.2, 0.25) is 5.02 Å². The highest BCUT2D eigenvalue weighted by atomic mass is 35.5. The largest absolute Gasteiger partial charge is 0.416 e. The number of aromatic nitrogens is 2. The third-order valence-corrected chi connectivity index (χ3v) is 4.38. The van der Waals surface area contributed by atoms with Gasteiger partial charge in [-0.15, -0.1) is 0 Å². The molecule has 0 saturated heterocycles. The molecule has 28 heavy (non-hydrogen) atoms.